The first-order valence-corrected chi connectivity index (χ1v) is 6.19. The number of amides is 1. The molecule has 19 heavy (non-hydrogen) atoms. The lowest BCUT2D eigenvalue weighted by Gasteiger charge is -2.14. The molecule has 0 bridgehead atoms. The van der Waals surface area contributed by atoms with Gasteiger partial charge < -0.3 is 10.1 Å². The predicted molar refractivity (Wildman–Crippen MR) is 71.4 cm³/mol. The summed E-state index contributed by atoms with van der Waals surface area (Å²) in [4.78, 5) is 20.5. The van der Waals surface area contributed by atoms with Crippen molar-refractivity contribution >= 4 is 22.8 Å². The summed E-state index contributed by atoms with van der Waals surface area (Å²) in [5.74, 6) is 0.518. The van der Waals surface area contributed by atoms with Crippen LogP contribution < -0.4 is 5.32 Å². The Morgan fingerprint density at radius 3 is 2.89 bits per heavy atom. The summed E-state index contributed by atoms with van der Waals surface area (Å²) in [6, 6.07) is 7.51. The molecule has 0 saturated heterocycles. The molecule has 1 aliphatic rings. The average molecular weight is 255 g/mol. The molecule has 1 aliphatic heterocycles. The average Bonchev–Trinajstić information content (AvgIpc) is 2.48. The standard InChI is InChI=1S/C14H13N3O2/c18-14(12-7-3-4-8-19-12)17-13-9-15-10-5-1-2-6-11(10)16-13/h1-2,5-7,9H,3-4,8H2,(H,16,17,18). The Balaban J connectivity index is 1.81. The molecule has 0 fully saturated rings. The number of aromatic nitrogens is 2. The zero-order valence-electron chi connectivity index (χ0n) is 10.3. The molecule has 1 aromatic heterocycles. The van der Waals surface area contributed by atoms with Crippen molar-refractivity contribution in [3.8, 4) is 0 Å². The highest BCUT2D eigenvalue weighted by Gasteiger charge is 2.14. The summed E-state index contributed by atoms with van der Waals surface area (Å²) in [5, 5.41) is 2.70. The van der Waals surface area contributed by atoms with Gasteiger partial charge in [-0.3, -0.25) is 9.78 Å². The molecule has 0 saturated carbocycles. The Morgan fingerprint density at radius 2 is 2.11 bits per heavy atom. The minimum absolute atomic E-state index is 0.274. The number of rotatable bonds is 2. The molecular formula is C14H13N3O2. The third-order valence-electron chi connectivity index (χ3n) is 2.85. The van der Waals surface area contributed by atoms with E-state index in [2.05, 4.69) is 15.3 Å². The highest BCUT2D eigenvalue weighted by Crippen LogP contribution is 2.14. The van der Waals surface area contributed by atoms with E-state index >= 15 is 0 Å². The molecule has 0 atom stereocenters. The van der Waals surface area contributed by atoms with Crippen molar-refractivity contribution in [1.82, 2.24) is 9.97 Å². The van der Waals surface area contributed by atoms with Crippen molar-refractivity contribution in [2.24, 2.45) is 0 Å². The van der Waals surface area contributed by atoms with E-state index in [0.29, 0.717) is 18.2 Å². The third-order valence-corrected chi connectivity index (χ3v) is 2.85. The number of hydrogen-bond acceptors (Lipinski definition) is 4. The summed E-state index contributed by atoms with van der Waals surface area (Å²) in [5.41, 5.74) is 1.55. The van der Waals surface area contributed by atoms with Gasteiger partial charge in [0.1, 0.15) is 0 Å². The van der Waals surface area contributed by atoms with Crippen molar-refractivity contribution < 1.29 is 9.53 Å². The maximum Gasteiger partial charge on any atom is 0.291 e. The summed E-state index contributed by atoms with van der Waals surface area (Å²) in [6.07, 6.45) is 5.16. The molecule has 2 aromatic rings. The first-order chi connectivity index (χ1) is 9.33. The molecule has 1 amide bonds. The second-order valence-electron chi connectivity index (χ2n) is 4.26. The largest absolute Gasteiger partial charge is 0.488 e. The summed E-state index contributed by atoms with van der Waals surface area (Å²) >= 11 is 0. The van der Waals surface area contributed by atoms with Crippen molar-refractivity contribution in [3.63, 3.8) is 0 Å². The van der Waals surface area contributed by atoms with E-state index in [0.717, 1.165) is 23.9 Å². The number of nitrogens with zero attached hydrogens (tertiary/aromatic N) is 2. The van der Waals surface area contributed by atoms with Crippen LogP contribution in [0, 0.1) is 0 Å². The lowest BCUT2D eigenvalue weighted by atomic mass is 10.2. The van der Waals surface area contributed by atoms with E-state index in [9.17, 15) is 4.79 Å². The van der Waals surface area contributed by atoms with Gasteiger partial charge in [-0.2, -0.15) is 0 Å². The van der Waals surface area contributed by atoms with Gasteiger partial charge in [0.05, 0.1) is 23.8 Å². The minimum atomic E-state index is -0.274. The molecule has 5 heteroatoms. The molecule has 0 radical (unpaired) electrons. The number of anilines is 1. The van der Waals surface area contributed by atoms with E-state index in [4.69, 9.17) is 4.74 Å². The molecule has 1 N–H and O–H groups in total. The Labute approximate surface area is 110 Å². The van der Waals surface area contributed by atoms with Crippen LogP contribution in [0.5, 0.6) is 0 Å². The first-order valence-electron chi connectivity index (χ1n) is 6.19. The molecule has 96 valence electrons. The SMILES string of the molecule is O=C(Nc1cnc2ccccc2n1)C1=CCCCO1. The van der Waals surface area contributed by atoms with Crippen LogP contribution in [0.25, 0.3) is 11.0 Å². The fraction of sp³-hybridized carbons (Fsp3) is 0.214. The van der Waals surface area contributed by atoms with E-state index in [-0.39, 0.29) is 5.91 Å². The van der Waals surface area contributed by atoms with Crippen LogP contribution in [0.1, 0.15) is 12.8 Å². The van der Waals surface area contributed by atoms with Crippen LogP contribution in [-0.4, -0.2) is 22.5 Å². The minimum Gasteiger partial charge on any atom is -0.488 e. The lowest BCUT2D eigenvalue weighted by Crippen LogP contribution is -2.19. The number of ether oxygens (including phenoxy) is 1. The Morgan fingerprint density at radius 1 is 1.26 bits per heavy atom. The van der Waals surface area contributed by atoms with Crippen LogP contribution in [0.4, 0.5) is 5.82 Å². The molecule has 0 spiro atoms. The number of allylic oxidation sites excluding steroid dienone is 1. The highest BCUT2D eigenvalue weighted by atomic mass is 16.5. The van der Waals surface area contributed by atoms with Gasteiger partial charge in [0.25, 0.3) is 5.91 Å². The van der Waals surface area contributed by atoms with Crippen LogP contribution in [0.2, 0.25) is 0 Å². The fourth-order valence-corrected chi connectivity index (χ4v) is 1.91. The van der Waals surface area contributed by atoms with Crippen molar-refractivity contribution in [2.75, 3.05) is 11.9 Å². The zero-order valence-corrected chi connectivity index (χ0v) is 10.3. The maximum absolute atomic E-state index is 11.9. The summed E-state index contributed by atoms with van der Waals surface area (Å²) < 4.78 is 5.30. The predicted octanol–water partition coefficient (Wildman–Crippen LogP) is 2.26. The molecule has 2 heterocycles. The van der Waals surface area contributed by atoms with Crippen molar-refractivity contribution in [2.45, 2.75) is 12.8 Å². The smallest absolute Gasteiger partial charge is 0.291 e. The van der Waals surface area contributed by atoms with Crippen LogP contribution in [0.3, 0.4) is 0 Å². The number of para-hydroxylation sites is 2. The van der Waals surface area contributed by atoms with Gasteiger partial charge in [-0.05, 0) is 31.1 Å². The maximum atomic E-state index is 11.9. The Hall–Kier alpha value is -2.43. The quantitative estimate of drug-likeness (QED) is 0.894. The van der Waals surface area contributed by atoms with Gasteiger partial charge in [0.2, 0.25) is 0 Å². The van der Waals surface area contributed by atoms with Gasteiger partial charge in [0, 0.05) is 0 Å². The van der Waals surface area contributed by atoms with Gasteiger partial charge in [-0.15, -0.1) is 0 Å². The molecular weight excluding hydrogens is 242 g/mol. The monoisotopic (exact) mass is 255 g/mol. The number of fused-ring (bicyclic) bond motifs is 1. The highest BCUT2D eigenvalue weighted by molar-refractivity contribution is 6.02. The molecule has 1 aromatic carbocycles. The van der Waals surface area contributed by atoms with E-state index in [1.54, 1.807) is 12.3 Å². The third kappa shape index (κ3) is 2.54. The number of carbonyl (C=O) groups excluding carboxylic acids is 1. The Kier molecular flexibility index (Phi) is 3.10. The second-order valence-corrected chi connectivity index (χ2v) is 4.26. The molecule has 5 nitrogen and oxygen atoms in total. The zero-order chi connectivity index (χ0) is 13.1. The van der Waals surface area contributed by atoms with Crippen LogP contribution in [-0.2, 0) is 9.53 Å². The molecule has 0 aliphatic carbocycles. The number of benzene rings is 1. The van der Waals surface area contributed by atoms with Gasteiger partial charge >= 0.3 is 0 Å². The Bertz CT molecular complexity index is 652. The molecule has 3 rings (SSSR count). The number of hydrogen-bond donors (Lipinski definition) is 1. The van der Waals surface area contributed by atoms with Crippen molar-refractivity contribution in [1.29, 1.82) is 0 Å². The van der Waals surface area contributed by atoms with Crippen LogP contribution >= 0.6 is 0 Å². The van der Waals surface area contributed by atoms with Crippen LogP contribution in [0.15, 0.2) is 42.3 Å². The number of carbonyl (C=O) groups is 1. The fourth-order valence-electron chi connectivity index (χ4n) is 1.91. The summed E-state index contributed by atoms with van der Waals surface area (Å²) in [7, 11) is 0. The lowest BCUT2D eigenvalue weighted by molar-refractivity contribution is -0.116. The van der Waals surface area contributed by atoms with Gasteiger partial charge in [-0.25, -0.2) is 4.98 Å². The normalized spacial score (nSPS) is 14.6. The van der Waals surface area contributed by atoms with Crippen molar-refractivity contribution in [3.05, 3.63) is 42.3 Å². The summed E-state index contributed by atoms with van der Waals surface area (Å²) in [6.45, 7) is 0.586. The number of nitrogens with one attached hydrogen (secondary N) is 1. The van der Waals surface area contributed by atoms with E-state index < -0.39 is 0 Å². The second kappa shape index (κ2) is 5.06. The topological polar surface area (TPSA) is 64.1 Å². The van der Waals surface area contributed by atoms with E-state index in [1.807, 2.05) is 24.3 Å². The van der Waals surface area contributed by atoms with Gasteiger partial charge in [-0.1, -0.05) is 12.1 Å². The van der Waals surface area contributed by atoms with Gasteiger partial charge in [0.15, 0.2) is 11.6 Å². The van der Waals surface area contributed by atoms with E-state index in [1.165, 1.54) is 0 Å². The molecule has 0 unspecified atom stereocenters. The first kappa shape index (κ1) is 11.6.